The second kappa shape index (κ2) is 9.62. The summed E-state index contributed by atoms with van der Waals surface area (Å²) in [5, 5.41) is 2.90. The van der Waals surface area contributed by atoms with Crippen LogP contribution in [-0.4, -0.2) is 29.8 Å². The van der Waals surface area contributed by atoms with Gasteiger partial charge in [0.25, 0.3) is 0 Å². The van der Waals surface area contributed by atoms with Gasteiger partial charge in [-0.15, -0.1) is 0 Å². The molecule has 2 rings (SSSR count). The van der Waals surface area contributed by atoms with Crippen LogP contribution in [0.5, 0.6) is 0 Å². The van der Waals surface area contributed by atoms with Crippen LogP contribution < -0.4 is 5.32 Å². The predicted octanol–water partition coefficient (Wildman–Crippen LogP) is 3.09. The molecule has 4 nitrogen and oxygen atoms in total. The summed E-state index contributed by atoms with van der Waals surface area (Å²) in [6.45, 7) is 4.67. The Bertz CT molecular complexity index is 698. The van der Waals surface area contributed by atoms with E-state index in [0.717, 1.165) is 24.0 Å². The molecule has 4 heteroatoms. The highest BCUT2D eigenvalue weighted by Gasteiger charge is 2.14. The molecular formula is C21H26N2O2. The number of benzene rings is 2. The van der Waals surface area contributed by atoms with Crippen molar-refractivity contribution in [2.75, 3.05) is 13.1 Å². The first-order valence-electron chi connectivity index (χ1n) is 8.66. The zero-order valence-corrected chi connectivity index (χ0v) is 15.0. The van der Waals surface area contributed by atoms with Gasteiger partial charge in [-0.3, -0.25) is 9.59 Å². The van der Waals surface area contributed by atoms with Gasteiger partial charge in [0.05, 0.1) is 6.54 Å². The minimum atomic E-state index is -0.115. The van der Waals surface area contributed by atoms with Gasteiger partial charge in [0.1, 0.15) is 0 Å². The van der Waals surface area contributed by atoms with Crippen LogP contribution in [0.1, 0.15) is 30.0 Å². The van der Waals surface area contributed by atoms with Crippen LogP contribution in [0.3, 0.4) is 0 Å². The maximum absolute atomic E-state index is 12.1. The molecule has 2 aromatic carbocycles. The van der Waals surface area contributed by atoms with Gasteiger partial charge in [-0.1, -0.05) is 60.2 Å². The minimum absolute atomic E-state index is 0.0919. The lowest BCUT2D eigenvalue weighted by molar-refractivity contribution is -0.134. The largest absolute Gasteiger partial charge is 0.355 e. The molecule has 0 fully saturated rings. The third kappa shape index (κ3) is 6.79. The number of hydrogen-bond acceptors (Lipinski definition) is 2. The zero-order valence-electron chi connectivity index (χ0n) is 15.0. The molecule has 0 aromatic heterocycles. The predicted molar refractivity (Wildman–Crippen MR) is 100 cm³/mol. The monoisotopic (exact) mass is 338 g/mol. The third-order valence-electron chi connectivity index (χ3n) is 4.04. The highest BCUT2D eigenvalue weighted by molar-refractivity contribution is 5.83. The Kier molecular flexibility index (Phi) is 7.20. The van der Waals surface area contributed by atoms with E-state index < -0.39 is 0 Å². The van der Waals surface area contributed by atoms with Gasteiger partial charge in [-0.2, -0.15) is 0 Å². The number of aryl methyl sites for hydroxylation is 2. The molecule has 0 saturated heterocycles. The number of nitrogens with zero attached hydrogens (tertiary/aromatic N) is 1. The van der Waals surface area contributed by atoms with E-state index in [1.807, 2.05) is 49.4 Å². The van der Waals surface area contributed by atoms with E-state index >= 15 is 0 Å². The second-order valence-electron chi connectivity index (χ2n) is 6.30. The molecule has 0 unspecified atom stereocenters. The van der Waals surface area contributed by atoms with Crippen molar-refractivity contribution in [3.05, 3.63) is 71.3 Å². The van der Waals surface area contributed by atoms with Crippen molar-refractivity contribution >= 4 is 11.8 Å². The highest BCUT2D eigenvalue weighted by Crippen LogP contribution is 2.08. The average molecular weight is 338 g/mol. The van der Waals surface area contributed by atoms with Gasteiger partial charge in [-0.25, -0.2) is 0 Å². The number of carbonyl (C=O) groups excluding carboxylic acids is 2. The topological polar surface area (TPSA) is 49.4 Å². The van der Waals surface area contributed by atoms with E-state index in [1.54, 1.807) is 4.90 Å². The summed E-state index contributed by atoms with van der Waals surface area (Å²) in [4.78, 5) is 25.5. The Balaban J connectivity index is 1.77. The molecule has 0 saturated carbocycles. The highest BCUT2D eigenvalue weighted by atomic mass is 16.2. The Hall–Kier alpha value is -2.62. The van der Waals surface area contributed by atoms with Crippen molar-refractivity contribution in [2.24, 2.45) is 0 Å². The van der Waals surface area contributed by atoms with E-state index in [9.17, 15) is 9.59 Å². The van der Waals surface area contributed by atoms with E-state index in [0.29, 0.717) is 13.1 Å². The lowest BCUT2D eigenvalue weighted by atomic mass is 10.1. The molecule has 132 valence electrons. The van der Waals surface area contributed by atoms with Gasteiger partial charge in [0, 0.05) is 20.0 Å². The van der Waals surface area contributed by atoms with Crippen LogP contribution in [0.15, 0.2) is 54.6 Å². The number of hydrogen-bond donors (Lipinski definition) is 1. The maximum Gasteiger partial charge on any atom is 0.239 e. The first kappa shape index (κ1) is 18.7. The Morgan fingerprint density at radius 2 is 1.72 bits per heavy atom. The number of rotatable bonds is 8. The molecule has 0 atom stereocenters. The molecule has 0 aliphatic carbocycles. The smallest absolute Gasteiger partial charge is 0.239 e. The summed E-state index contributed by atoms with van der Waals surface area (Å²) in [7, 11) is 0. The standard InChI is InChI=1S/C21H26N2O2/c1-17-8-6-11-20(14-17)15-23(18(2)24)16-21(25)22-13-7-12-19-9-4-3-5-10-19/h3-6,8-11,14H,7,12-13,15-16H2,1-2H3,(H,22,25). The van der Waals surface area contributed by atoms with E-state index in [-0.39, 0.29) is 18.4 Å². The quantitative estimate of drug-likeness (QED) is 0.752. The number of nitrogens with one attached hydrogen (secondary N) is 1. The summed E-state index contributed by atoms with van der Waals surface area (Å²) in [5.41, 5.74) is 3.44. The van der Waals surface area contributed by atoms with Crippen molar-refractivity contribution in [2.45, 2.75) is 33.2 Å². The third-order valence-corrected chi connectivity index (χ3v) is 4.04. The van der Waals surface area contributed by atoms with Crippen molar-refractivity contribution in [1.82, 2.24) is 10.2 Å². The van der Waals surface area contributed by atoms with E-state index in [1.165, 1.54) is 12.5 Å². The van der Waals surface area contributed by atoms with Crippen LogP contribution >= 0.6 is 0 Å². The summed E-state index contributed by atoms with van der Waals surface area (Å²) in [5.74, 6) is -0.211. The summed E-state index contributed by atoms with van der Waals surface area (Å²) in [6.07, 6.45) is 1.81. The first-order valence-corrected chi connectivity index (χ1v) is 8.66. The molecule has 2 aromatic rings. The van der Waals surface area contributed by atoms with Crippen molar-refractivity contribution < 1.29 is 9.59 Å². The van der Waals surface area contributed by atoms with E-state index in [2.05, 4.69) is 17.4 Å². The summed E-state index contributed by atoms with van der Waals surface area (Å²) >= 11 is 0. The van der Waals surface area contributed by atoms with Gasteiger partial charge in [0.15, 0.2) is 0 Å². The number of carbonyl (C=O) groups is 2. The molecular weight excluding hydrogens is 312 g/mol. The molecule has 0 spiro atoms. The lowest BCUT2D eigenvalue weighted by Crippen LogP contribution is -2.39. The van der Waals surface area contributed by atoms with Gasteiger partial charge < -0.3 is 10.2 Å². The fourth-order valence-corrected chi connectivity index (χ4v) is 2.70. The molecule has 0 bridgehead atoms. The zero-order chi connectivity index (χ0) is 18.1. The van der Waals surface area contributed by atoms with Crippen LogP contribution in [0.25, 0.3) is 0 Å². The minimum Gasteiger partial charge on any atom is -0.355 e. The first-order chi connectivity index (χ1) is 12.0. The molecule has 0 aliphatic heterocycles. The molecule has 2 amide bonds. The second-order valence-corrected chi connectivity index (χ2v) is 6.30. The molecule has 1 N–H and O–H groups in total. The van der Waals surface area contributed by atoms with Crippen LogP contribution in [0, 0.1) is 6.92 Å². The molecule has 0 radical (unpaired) electrons. The van der Waals surface area contributed by atoms with Crippen LogP contribution in [0.4, 0.5) is 0 Å². The fourth-order valence-electron chi connectivity index (χ4n) is 2.70. The summed E-state index contributed by atoms with van der Waals surface area (Å²) in [6, 6.07) is 18.2. The SMILES string of the molecule is CC(=O)N(CC(=O)NCCCc1ccccc1)Cc1cccc(C)c1. The van der Waals surface area contributed by atoms with Crippen molar-refractivity contribution in [3.8, 4) is 0 Å². The van der Waals surface area contributed by atoms with Gasteiger partial charge in [-0.05, 0) is 30.9 Å². The van der Waals surface area contributed by atoms with Crippen LogP contribution in [0.2, 0.25) is 0 Å². The molecule has 0 aliphatic rings. The van der Waals surface area contributed by atoms with E-state index in [4.69, 9.17) is 0 Å². The lowest BCUT2D eigenvalue weighted by Gasteiger charge is -2.21. The summed E-state index contributed by atoms with van der Waals surface area (Å²) < 4.78 is 0. The Morgan fingerprint density at radius 1 is 1.00 bits per heavy atom. The molecule has 25 heavy (non-hydrogen) atoms. The van der Waals surface area contributed by atoms with Gasteiger partial charge in [0.2, 0.25) is 11.8 Å². The van der Waals surface area contributed by atoms with Crippen LogP contribution in [-0.2, 0) is 22.6 Å². The van der Waals surface area contributed by atoms with Crippen molar-refractivity contribution in [3.63, 3.8) is 0 Å². The fraction of sp³-hybridized carbons (Fsp3) is 0.333. The maximum atomic E-state index is 12.1. The Labute approximate surface area is 149 Å². The Morgan fingerprint density at radius 3 is 2.40 bits per heavy atom. The average Bonchev–Trinajstić information content (AvgIpc) is 2.59. The van der Waals surface area contributed by atoms with Crippen molar-refractivity contribution in [1.29, 1.82) is 0 Å². The number of amides is 2. The molecule has 0 heterocycles. The normalized spacial score (nSPS) is 10.3. The van der Waals surface area contributed by atoms with Gasteiger partial charge >= 0.3 is 0 Å².